The molecule has 1 saturated carbocycles. The van der Waals surface area contributed by atoms with Crippen molar-refractivity contribution in [3.05, 3.63) is 69.8 Å². The van der Waals surface area contributed by atoms with Crippen LogP contribution in [0.2, 0.25) is 0 Å². The molecule has 3 unspecified atom stereocenters. The van der Waals surface area contributed by atoms with E-state index in [4.69, 9.17) is 0 Å². The molecule has 1 aliphatic carbocycles. The summed E-state index contributed by atoms with van der Waals surface area (Å²) in [4.78, 5) is 18.5. The van der Waals surface area contributed by atoms with Crippen molar-refractivity contribution < 1.29 is 18.7 Å². The molecule has 1 aliphatic heterocycles. The van der Waals surface area contributed by atoms with Gasteiger partial charge in [-0.3, -0.25) is 4.79 Å². The summed E-state index contributed by atoms with van der Waals surface area (Å²) in [5.74, 6) is -2.11. The molecule has 6 rings (SSSR count). The Morgan fingerprint density at radius 2 is 1.67 bits per heavy atom. The highest BCUT2D eigenvalue weighted by Gasteiger charge is 2.44. The predicted octanol–water partition coefficient (Wildman–Crippen LogP) is 4.84. The number of alkyl halides is 2. The minimum absolute atomic E-state index is 0.00590. The number of aromatic nitrogens is 5. The average Bonchev–Trinajstić information content (AvgIpc) is 3.62. The number of aliphatic hydroxyl groups excluding tert-OH is 1. The fourth-order valence-corrected chi connectivity index (χ4v) is 7.16. The molecule has 3 aromatic heterocycles. The van der Waals surface area contributed by atoms with Gasteiger partial charge in [-0.1, -0.05) is 65.5 Å². The first-order valence-corrected chi connectivity index (χ1v) is 15.5. The Hall–Kier alpha value is -3.62. The Bertz CT molecular complexity index is 1510. The summed E-state index contributed by atoms with van der Waals surface area (Å²) in [5.41, 5.74) is 1.53. The van der Waals surface area contributed by atoms with Crippen molar-refractivity contribution >= 4 is 44.7 Å². The zero-order valence-corrected chi connectivity index (χ0v) is 24.3. The molecule has 0 radical (unpaired) electrons. The van der Waals surface area contributed by atoms with Crippen LogP contribution in [-0.2, 0) is 17.6 Å². The van der Waals surface area contributed by atoms with Crippen molar-refractivity contribution in [1.29, 1.82) is 0 Å². The lowest BCUT2D eigenvalue weighted by molar-refractivity contribution is -0.115. The number of halogens is 2. The number of rotatable bonds is 10. The summed E-state index contributed by atoms with van der Waals surface area (Å²) in [5, 5.41) is 36.3. The third-order valence-electron chi connectivity index (χ3n) is 7.36. The molecule has 1 saturated heterocycles. The monoisotopic (exact) mass is 612 g/mol. The molecule has 2 fully saturated rings. The van der Waals surface area contributed by atoms with E-state index in [1.165, 1.54) is 27.6 Å². The van der Waals surface area contributed by atoms with E-state index < -0.39 is 12.2 Å². The SMILES string of the molecule is O=C(Cc1cccc(N2CC(F)(F)C2)n1)Nc1nnc(C2CCCC(c3nnc(NC(O)Cc4ccccc4)s3)C2)s1. The van der Waals surface area contributed by atoms with Crippen molar-refractivity contribution in [2.75, 3.05) is 28.6 Å². The van der Waals surface area contributed by atoms with Gasteiger partial charge in [0.2, 0.25) is 16.2 Å². The number of carbonyl (C=O) groups excluding carboxylic acids is 1. The van der Waals surface area contributed by atoms with E-state index in [1.807, 2.05) is 30.3 Å². The summed E-state index contributed by atoms with van der Waals surface area (Å²) in [6.45, 7) is -0.722. The molecule has 2 aliphatic rings. The molecule has 3 atom stereocenters. The minimum Gasteiger partial charge on any atom is -0.373 e. The minimum atomic E-state index is -2.69. The number of amides is 1. The van der Waals surface area contributed by atoms with Gasteiger partial charge in [0.1, 0.15) is 22.1 Å². The molecule has 0 bridgehead atoms. The quantitative estimate of drug-likeness (QED) is 0.216. The van der Waals surface area contributed by atoms with E-state index in [1.54, 1.807) is 18.2 Å². The molecule has 10 nitrogen and oxygen atoms in total. The number of hydrogen-bond acceptors (Lipinski definition) is 11. The standard InChI is InChI=1S/C28H30F2N8O2S2/c29-28(30)15-38(16-28)21-11-5-10-20(31-21)14-23(40)33-27-37-35-25(42-27)19-9-4-8-18(13-19)24-34-36-26(41-24)32-22(39)12-17-6-2-1-3-7-17/h1-3,5-7,10-11,18-19,22,39H,4,8-9,12-16H2,(H,32,36)(H,33,37,40). The highest BCUT2D eigenvalue weighted by atomic mass is 32.1. The van der Waals surface area contributed by atoms with E-state index in [2.05, 4.69) is 36.0 Å². The molecular formula is C28H30F2N8O2S2. The number of pyridine rings is 1. The van der Waals surface area contributed by atoms with Crippen molar-refractivity contribution in [3.8, 4) is 0 Å². The number of hydrogen-bond donors (Lipinski definition) is 3. The van der Waals surface area contributed by atoms with Gasteiger partial charge in [0.05, 0.1) is 25.2 Å². The molecule has 3 N–H and O–H groups in total. The predicted molar refractivity (Wildman–Crippen MR) is 157 cm³/mol. The van der Waals surface area contributed by atoms with Crippen LogP contribution in [0.1, 0.15) is 58.8 Å². The number of carbonyl (C=O) groups is 1. The Morgan fingerprint density at radius 3 is 2.38 bits per heavy atom. The van der Waals surface area contributed by atoms with E-state index in [0.29, 0.717) is 28.2 Å². The smallest absolute Gasteiger partial charge is 0.282 e. The maximum atomic E-state index is 13.2. The van der Waals surface area contributed by atoms with E-state index in [9.17, 15) is 18.7 Å². The highest BCUT2D eigenvalue weighted by Crippen LogP contribution is 2.43. The van der Waals surface area contributed by atoms with Crippen LogP contribution in [0.4, 0.5) is 24.9 Å². The van der Waals surface area contributed by atoms with Crippen LogP contribution in [0, 0.1) is 0 Å². The zero-order valence-electron chi connectivity index (χ0n) is 22.6. The van der Waals surface area contributed by atoms with Crippen LogP contribution >= 0.6 is 22.7 Å². The molecular weight excluding hydrogens is 582 g/mol. The van der Waals surface area contributed by atoms with Gasteiger partial charge in [-0.15, -0.1) is 20.4 Å². The van der Waals surface area contributed by atoms with Crippen molar-refractivity contribution in [2.24, 2.45) is 0 Å². The number of anilines is 3. The fraction of sp³-hybridized carbons (Fsp3) is 0.429. The van der Waals surface area contributed by atoms with Crippen LogP contribution in [-0.4, -0.2) is 61.6 Å². The average molecular weight is 613 g/mol. The lowest BCUT2D eigenvalue weighted by atomic mass is 9.82. The fourth-order valence-electron chi connectivity index (χ4n) is 5.32. The lowest BCUT2D eigenvalue weighted by Crippen LogP contribution is -2.56. The van der Waals surface area contributed by atoms with Crippen molar-refractivity contribution in [3.63, 3.8) is 0 Å². The van der Waals surface area contributed by atoms with Crippen molar-refractivity contribution in [1.82, 2.24) is 25.4 Å². The van der Waals surface area contributed by atoms with E-state index in [0.717, 1.165) is 41.3 Å². The lowest BCUT2D eigenvalue weighted by Gasteiger charge is -2.39. The van der Waals surface area contributed by atoms with Gasteiger partial charge in [0.25, 0.3) is 5.92 Å². The first-order chi connectivity index (χ1) is 20.3. The first kappa shape index (κ1) is 28.5. The van der Waals surface area contributed by atoms with E-state index >= 15 is 0 Å². The summed E-state index contributed by atoms with van der Waals surface area (Å²) >= 11 is 2.84. The molecule has 14 heteroatoms. The second-order valence-corrected chi connectivity index (χ2v) is 12.7. The summed E-state index contributed by atoms with van der Waals surface area (Å²) < 4.78 is 26.4. The number of nitrogens with zero attached hydrogens (tertiary/aromatic N) is 6. The second kappa shape index (κ2) is 12.3. The molecule has 1 aromatic carbocycles. The van der Waals surface area contributed by atoms with Gasteiger partial charge in [-0.2, -0.15) is 0 Å². The molecule has 220 valence electrons. The number of aliphatic hydroxyl groups is 1. The summed E-state index contributed by atoms with van der Waals surface area (Å²) in [7, 11) is 0. The van der Waals surface area contributed by atoms with Crippen LogP contribution in [0.5, 0.6) is 0 Å². The Morgan fingerprint density at radius 1 is 0.976 bits per heavy atom. The molecule has 42 heavy (non-hydrogen) atoms. The van der Waals surface area contributed by atoms with Crippen molar-refractivity contribution in [2.45, 2.75) is 62.5 Å². The molecule has 4 heterocycles. The molecule has 4 aromatic rings. The third kappa shape index (κ3) is 7.05. The molecule has 1 amide bonds. The Labute approximate surface area is 249 Å². The third-order valence-corrected chi connectivity index (χ3v) is 9.38. The van der Waals surface area contributed by atoms with Gasteiger partial charge in [0.15, 0.2) is 0 Å². The topological polar surface area (TPSA) is 129 Å². The summed E-state index contributed by atoms with van der Waals surface area (Å²) in [6.07, 6.45) is 3.57. The normalized spacial score (nSPS) is 20.5. The van der Waals surface area contributed by atoms with Gasteiger partial charge in [0, 0.05) is 18.3 Å². The maximum absolute atomic E-state index is 13.2. The Balaban J connectivity index is 1.01. The zero-order chi connectivity index (χ0) is 29.1. The largest absolute Gasteiger partial charge is 0.373 e. The van der Waals surface area contributed by atoms with Gasteiger partial charge < -0.3 is 20.6 Å². The van der Waals surface area contributed by atoms with E-state index in [-0.39, 0.29) is 37.3 Å². The maximum Gasteiger partial charge on any atom is 0.282 e. The van der Waals surface area contributed by atoms with Crippen LogP contribution < -0.4 is 15.5 Å². The van der Waals surface area contributed by atoms with Crippen LogP contribution in [0.15, 0.2) is 48.5 Å². The van der Waals surface area contributed by atoms with Gasteiger partial charge in [-0.25, -0.2) is 13.8 Å². The van der Waals surface area contributed by atoms with Crippen LogP contribution in [0.3, 0.4) is 0 Å². The number of benzene rings is 1. The van der Waals surface area contributed by atoms with Gasteiger partial charge in [-0.05, 0) is 37.0 Å². The van der Waals surface area contributed by atoms with Crippen LogP contribution in [0.25, 0.3) is 0 Å². The Kier molecular flexibility index (Phi) is 8.36. The highest BCUT2D eigenvalue weighted by molar-refractivity contribution is 7.15. The molecule has 0 spiro atoms. The van der Waals surface area contributed by atoms with Gasteiger partial charge >= 0.3 is 0 Å². The number of nitrogens with one attached hydrogen (secondary N) is 2. The second-order valence-electron chi connectivity index (χ2n) is 10.7. The summed E-state index contributed by atoms with van der Waals surface area (Å²) in [6, 6.07) is 14.9. The first-order valence-electron chi connectivity index (χ1n) is 13.8.